The molecule has 1 N–H and O–H groups in total. The molecule has 0 fully saturated rings. The molecular formula is C13H18N2O2. The second-order valence-corrected chi connectivity index (χ2v) is 3.60. The van der Waals surface area contributed by atoms with Crippen LogP contribution in [0.3, 0.4) is 0 Å². The lowest BCUT2D eigenvalue weighted by atomic mass is 10.2. The summed E-state index contributed by atoms with van der Waals surface area (Å²) in [6.45, 7) is 4.88. The van der Waals surface area contributed by atoms with Gasteiger partial charge in [-0.05, 0) is 27.0 Å². The zero-order chi connectivity index (χ0) is 12.7. The molecule has 0 saturated heterocycles. The minimum atomic E-state index is -0.493. The van der Waals surface area contributed by atoms with E-state index in [-0.39, 0.29) is 0 Å². The molecule has 1 atom stereocenters. The SMILES string of the molecule is CCOc1cccc(CNC)c1OC(C)C#N. The zero-order valence-electron chi connectivity index (χ0n) is 10.5. The topological polar surface area (TPSA) is 54.3 Å². The van der Waals surface area contributed by atoms with Gasteiger partial charge in [0.15, 0.2) is 17.6 Å². The molecule has 0 spiro atoms. The van der Waals surface area contributed by atoms with Gasteiger partial charge in [-0.25, -0.2) is 0 Å². The Kier molecular flexibility index (Phi) is 5.31. The second-order valence-electron chi connectivity index (χ2n) is 3.60. The largest absolute Gasteiger partial charge is 0.490 e. The van der Waals surface area contributed by atoms with E-state index in [2.05, 4.69) is 11.4 Å². The van der Waals surface area contributed by atoms with Crippen LogP contribution in [0.15, 0.2) is 18.2 Å². The molecule has 0 radical (unpaired) electrons. The van der Waals surface area contributed by atoms with Crippen molar-refractivity contribution in [3.63, 3.8) is 0 Å². The average molecular weight is 234 g/mol. The number of nitrogens with one attached hydrogen (secondary N) is 1. The van der Waals surface area contributed by atoms with Gasteiger partial charge in [0.05, 0.1) is 6.61 Å². The van der Waals surface area contributed by atoms with Crippen molar-refractivity contribution < 1.29 is 9.47 Å². The van der Waals surface area contributed by atoms with Crippen LogP contribution in [0.5, 0.6) is 11.5 Å². The van der Waals surface area contributed by atoms with E-state index >= 15 is 0 Å². The van der Waals surface area contributed by atoms with E-state index in [1.807, 2.05) is 32.2 Å². The highest BCUT2D eigenvalue weighted by Crippen LogP contribution is 2.32. The Morgan fingerprint density at radius 2 is 2.24 bits per heavy atom. The van der Waals surface area contributed by atoms with Crippen LogP contribution in [-0.4, -0.2) is 19.8 Å². The third-order valence-electron chi connectivity index (χ3n) is 2.20. The van der Waals surface area contributed by atoms with Crippen LogP contribution >= 0.6 is 0 Å². The molecule has 0 aliphatic heterocycles. The smallest absolute Gasteiger partial charge is 0.181 e. The lowest BCUT2D eigenvalue weighted by molar-refractivity contribution is 0.247. The Bertz CT molecular complexity index is 375. The fourth-order valence-electron chi connectivity index (χ4n) is 1.50. The van der Waals surface area contributed by atoms with Crippen molar-refractivity contribution >= 4 is 0 Å². The lowest BCUT2D eigenvalue weighted by Crippen LogP contribution is -2.14. The van der Waals surface area contributed by atoms with Crippen molar-refractivity contribution in [2.24, 2.45) is 0 Å². The number of rotatable bonds is 6. The van der Waals surface area contributed by atoms with Gasteiger partial charge in [-0.3, -0.25) is 0 Å². The number of nitrogens with zero attached hydrogens (tertiary/aromatic N) is 1. The van der Waals surface area contributed by atoms with Gasteiger partial charge in [-0.1, -0.05) is 12.1 Å². The number of ether oxygens (including phenoxy) is 2. The number of para-hydroxylation sites is 1. The predicted molar refractivity (Wildman–Crippen MR) is 66.1 cm³/mol. The van der Waals surface area contributed by atoms with Crippen LogP contribution in [0.4, 0.5) is 0 Å². The first kappa shape index (κ1) is 13.3. The molecule has 0 aliphatic rings. The van der Waals surface area contributed by atoms with E-state index in [4.69, 9.17) is 14.7 Å². The van der Waals surface area contributed by atoms with Gasteiger partial charge in [0.2, 0.25) is 0 Å². The van der Waals surface area contributed by atoms with Gasteiger partial charge in [0.25, 0.3) is 0 Å². The highest BCUT2D eigenvalue weighted by atomic mass is 16.5. The standard InChI is InChI=1S/C13H18N2O2/c1-4-16-12-7-5-6-11(9-15-3)13(12)17-10(2)8-14/h5-7,10,15H,4,9H2,1-3H3. The van der Waals surface area contributed by atoms with Crippen molar-refractivity contribution in [3.8, 4) is 17.6 Å². The molecule has 92 valence electrons. The Morgan fingerprint density at radius 3 is 2.82 bits per heavy atom. The second kappa shape index (κ2) is 6.77. The fraction of sp³-hybridized carbons (Fsp3) is 0.462. The Labute approximate surface area is 102 Å². The number of hydrogen-bond acceptors (Lipinski definition) is 4. The maximum absolute atomic E-state index is 8.81. The first-order valence-electron chi connectivity index (χ1n) is 5.68. The third-order valence-corrected chi connectivity index (χ3v) is 2.20. The van der Waals surface area contributed by atoms with Crippen molar-refractivity contribution in [1.82, 2.24) is 5.32 Å². The van der Waals surface area contributed by atoms with E-state index in [1.165, 1.54) is 0 Å². The minimum Gasteiger partial charge on any atom is -0.490 e. The van der Waals surface area contributed by atoms with Crippen LogP contribution < -0.4 is 14.8 Å². The number of nitriles is 1. The summed E-state index contributed by atoms with van der Waals surface area (Å²) in [5.41, 5.74) is 0.987. The molecule has 0 amide bonds. The first-order chi connectivity index (χ1) is 8.22. The molecule has 4 heteroatoms. The highest BCUT2D eigenvalue weighted by Gasteiger charge is 2.13. The fourth-order valence-corrected chi connectivity index (χ4v) is 1.50. The average Bonchev–Trinajstić information content (AvgIpc) is 2.33. The third kappa shape index (κ3) is 3.65. The van der Waals surface area contributed by atoms with E-state index in [0.717, 1.165) is 5.56 Å². The van der Waals surface area contributed by atoms with E-state index < -0.39 is 6.10 Å². The van der Waals surface area contributed by atoms with E-state index in [1.54, 1.807) is 6.92 Å². The molecule has 1 rings (SSSR count). The summed E-state index contributed by atoms with van der Waals surface area (Å²) in [6, 6.07) is 7.78. The maximum Gasteiger partial charge on any atom is 0.181 e. The van der Waals surface area contributed by atoms with E-state index in [9.17, 15) is 0 Å². The van der Waals surface area contributed by atoms with Gasteiger partial charge < -0.3 is 14.8 Å². The summed E-state index contributed by atoms with van der Waals surface area (Å²) in [5, 5.41) is 11.9. The molecule has 1 aromatic rings. The van der Waals surface area contributed by atoms with Crippen LogP contribution in [0, 0.1) is 11.3 Å². The van der Waals surface area contributed by atoms with Gasteiger partial charge in [-0.15, -0.1) is 0 Å². The number of benzene rings is 1. The summed E-state index contributed by atoms with van der Waals surface area (Å²) < 4.78 is 11.1. The van der Waals surface area contributed by atoms with Crippen LogP contribution in [0.1, 0.15) is 19.4 Å². The van der Waals surface area contributed by atoms with Crippen molar-refractivity contribution in [1.29, 1.82) is 5.26 Å². The molecule has 0 heterocycles. The van der Waals surface area contributed by atoms with Crippen molar-refractivity contribution in [2.45, 2.75) is 26.5 Å². The Balaban J connectivity index is 3.04. The quantitative estimate of drug-likeness (QED) is 0.819. The van der Waals surface area contributed by atoms with Gasteiger partial charge in [0.1, 0.15) is 6.07 Å². The Morgan fingerprint density at radius 1 is 1.47 bits per heavy atom. The van der Waals surface area contributed by atoms with Crippen molar-refractivity contribution in [2.75, 3.05) is 13.7 Å². The normalized spacial score (nSPS) is 11.6. The van der Waals surface area contributed by atoms with Gasteiger partial charge in [-0.2, -0.15) is 5.26 Å². The Hall–Kier alpha value is -1.73. The number of hydrogen-bond donors (Lipinski definition) is 1. The van der Waals surface area contributed by atoms with Crippen LogP contribution in [0.2, 0.25) is 0 Å². The van der Waals surface area contributed by atoms with Crippen LogP contribution in [-0.2, 0) is 6.54 Å². The summed E-state index contributed by atoms with van der Waals surface area (Å²) in [4.78, 5) is 0. The molecule has 0 saturated carbocycles. The summed E-state index contributed by atoms with van der Waals surface area (Å²) in [6.07, 6.45) is -0.493. The predicted octanol–water partition coefficient (Wildman–Crippen LogP) is 2.10. The molecule has 0 bridgehead atoms. The first-order valence-corrected chi connectivity index (χ1v) is 5.68. The van der Waals surface area contributed by atoms with Crippen LogP contribution in [0.25, 0.3) is 0 Å². The zero-order valence-corrected chi connectivity index (χ0v) is 10.5. The van der Waals surface area contributed by atoms with Gasteiger partial charge in [0, 0.05) is 12.1 Å². The molecular weight excluding hydrogens is 216 g/mol. The minimum absolute atomic E-state index is 0.493. The molecule has 17 heavy (non-hydrogen) atoms. The van der Waals surface area contributed by atoms with Crippen molar-refractivity contribution in [3.05, 3.63) is 23.8 Å². The molecule has 0 aromatic heterocycles. The lowest BCUT2D eigenvalue weighted by Gasteiger charge is -2.16. The molecule has 1 unspecified atom stereocenters. The molecule has 4 nitrogen and oxygen atoms in total. The maximum atomic E-state index is 8.81. The monoisotopic (exact) mass is 234 g/mol. The highest BCUT2D eigenvalue weighted by molar-refractivity contribution is 5.47. The summed E-state index contributed by atoms with van der Waals surface area (Å²) >= 11 is 0. The summed E-state index contributed by atoms with van der Waals surface area (Å²) in [7, 11) is 1.87. The summed E-state index contributed by atoms with van der Waals surface area (Å²) in [5.74, 6) is 1.33. The molecule has 0 aliphatic carbocycles. The van der Waals surface area contributed by atoms with Gasteiger partial charge >= 0.3 is 0 Å². The van der Waals surface area contributed by atoms with E-state index in [0.29, 0.717) is 24.7 Å². The molecule has 1 aromatic carbocycles.